The Balaban J connectivity index is 2.01. The Labute approximate surface area is 107 Å². The van der Waals surface area contributed by atoms with E-state index in [1.807, 2.05) is 18.2 Å². The Morgan fingerprint density at radius 1 is 1.39 bits per heavy atom. The molecule has 0 radical (unpaired) electrons. The lowest BCUT2D eigenvalue weighted by atomic mass is 9.96. The third-order valence-electron chi connectivity index (χ3n) is 3.79. The summed E-state index contributed by atoms with van der Waals surface area (Å²) in [5, 5.41) is 5.34. The van der Waals surface area contributed by atoms with E-state index in [-0.39, 0.29) is 6.04 Å². The SMILES string of the molecule is CC(N)C1CCCCN1c1noc2ccccc12. The molecule has 0 bridgehead atoms. The highest BCUT2D eigenvalue weighted by Gasteiger charge is 2.28. The summed E-state index contributed by atoms with van der Waals surface area (Å²) in [6.07, 6.45) is 3.59. The molecule has 0 saturated carbocycles. The van der Waals surface area contributed by atoms with Crippen molar-refractivity contribution in [2.24, 2.45) is 5.73 Å². The van der Waals surface area contributed by atoms with Crippen LogP contribution < -0.4 is 10.6 Å². The smallest absolute Gasteiger partial charge is 0.180 e. The van der Waals surface area contributed by atoms with E-state index < -0.39 is 0 Å². The maximum atomic E-state index is 6.11. The van der Waals surface area contributed by atoms with Gasteiger partial charge in [0.1, 0.15) is 0 Å². The monoisotopic (exact) mass is 245 g/mol. The van der Waals surface area contributed by atoms with Crippen molar-refractivity contribution in [3.63, 3.8) is 0 Å². The number of hydrogen-bond donors (Lipinski definition) is 1. The maximum absolute atomic E-state index is 6.11. The molecule has 2 atom stereocenters. The van der Waals surface area contributed by atoms with Crippen LogP contribution in [0, 0.1) is 0 Å². The van der Waals surface area contributed by atoms with Gasteiger partial charge in [-0.1, -0.05) is 17.3 Å². The average Bonchev–Trinajstić information content (AvgIpc) is 2.82. The van der Waals surface area contributed by atoms with Gasteiger partial charge >= 0.3 is 0 Å². The van der Waals surface area contributed by atoms with E-state index in [1.54, 1.807) is 0 Å². The Hall–Kier alpha value is -1.55. The van der Waals surface area contributed by atoms with Gasteiger partial charge in [-0.3, -0.25) is 0 Å². The number of hydrogen-bond acceptors (Lipinski definition) is 4. The van der Waals surface area contributed by atoms with E-state index in [4.69, 9.17) is 10.3 Å². The molecular weight excluding hydrogens is 226 g/mol. The number of para-hydroxylation sites is 1. The van der Waals surface area contributed by atoms with Gasteiger partial charge in [-0.25, -0.2) is 0 Å². The van der Waals surface area contributed by atoms with Crippen LogP contribution >= 0.6 is 0 Å². The summed E-state index contributed by atoms with van der Waals surface area (Å²) in [5.41, 5.74) is 6.96. The first-order valence-corrected chi connectivity index (χ1v) is 6.64. The molecule has 2 heterocycles. The van der Waals surface area contributed by atoms with Crippen molar-refractivity contribution >= 4 is 16.8 Å². The molecule has 2 aromatic rings. The molecule has 96 valence electrons. The molecule has 0 spiro atoms. The van der Waals surface area contributed by atoms with Crippen LogP contribution in [-0.2, 0) is 0 Å². The largest absolute Gasteiger partial charge is 0.354 e. The van der Waals surface area contributed by atoms with Crippen LogP contribution in [0.3, 0.4) is 0 Å². The number of aromatic nitrogens is 1. The zero-order chi connectivity index (χ0) is 12.5. The first-order chi connectivity index (χ1) is 8.77. The van der Waals surface area contributed by atoms with Gasteiger partial charge in [0, 0.05) is 18.6 Å². The summed E-state index contributed by atoms with van der Waals surface area (Å²) in [4.78, 5) is 2.32. The molecular formula is C14H19N3O. The molecule has 1 saturated heterocycles. The second-order valence-corrected chi connectivity index (χ2v) is 5.12. The van der Waals surface area contributed by atoms with Crippen LogP contribution in [0.15, 0.2) is 28.8 Å². The van der Waals surface area contributed by atoms with Crippen LogP contribution in [0.5, 0.6) is 0 Å². The van der Waals surface area contributed by atoms with Gasteiger partial charge in [0.15, 0.2) is 11.4 Å². The van der Waals surface area contributed by atoms with Gasteiger partial charge in [0.05, 0.1) is 5.39 Å². The number of rotatable bonds is 2. The van der Waals surface area contributed by atoms with Gasteiger partial charge in [0.25, 0.3) is 0 Å². The highest BCUT2D eigenvalue weighted by Crippen LogP contribution is 2.31. The van der Waals surface area contributed by atoms with Crippen LogP contribution in [-0.4, -0.2) is 23.8 Å². The van der Waals surface area contributed by atoms with Crippen molar-refractivity contribution in [2.45, 2.75) is 38.3 Å². The van der Waals surface area contributed by atoms with Gasteiger partial charge in [-0.15, -0.1) is 0 Å². The fourth-order valence-corrected chi connectivity index (χ4v) is 2.85. The van der Waals surface area contributed by atoms with E-state index in [1.165, 1.54) is 12.8 Å². The van der Waals surface area contributed by atoms with Crippen molar-refractivity contribution in [3.8, 4) is 0 Å². The van der Waals surface area contributed by atoms with Crippen molar-refractivity contribution < 1.29 is 4.52 Å². The second-order valence-electron chi connectivity index (χ2n) is 5.12. The van der Waals surface area contributed by atoms with Crippen molar-refractivity contribution in [1.29, 1.82) is 0 Å². The number of nitrogens with zero attached hydrogens (tertiary/aromatic N) is 2. The molecule has 1 aliphatic rings. The number of nitrogens with two attached hydrogens (primary N) is 1. The number of anilines is 1. The Bertz CT molecular complexity index is 535. The molecule has 4 nitrogen and oxygen atoms in total. The normalized spacial score (nSPS) is 22.3. The molecule has 18 heavy (non-hydrogen) atoms. The third-order valence-corrected chi connectivity index (χ3v) is 3.79. The van der Waals surface area contributed by atoms with E-state index >= 15 is 0 Å². The molecule has 0 aliphatic carbocycles. The van der Waals surface area contributed by atoms with Crippen LogP contribution in [0.1, 0.15) is 26.2 Å². The standard InChI is InChI=1S/C14H19N3O/c1-10(15)12-7-4-5-9-17(12)14-11-6-2-3-8-13(11)18-16-14/h2-3,6,8,10,12H,4-5,7,9,15H2,1H3. The number of benzene rings is 1. The minimum Gasteiger partial charge on any atom is -0.354 e. The molecule has 0 amide bonds. The van der Waals surface area contributed by atoms with E-state index in [0.29, 0.717) is 6.04 Å². The number of piperidine rings is 1. The first-order valence-electron chi connectivity index (χ1n) is 6.64. The van der Waals surface area contributed by atoms with Gasteiger partial charge in [-0.05, 0) is 38.3 Å². The van der Waals surface area contributed by atoms with Crippen molar-refractivity contribution in [2.75, 3.05) is 11.4 Å². The quantitative estimate of drug-likeness (QED) is 0.883. The predicted octanol–water partition coefficient (Wildman–Crippen LogP) is 2.53. The van der Waals surface area contributed by atoms with Crippen LogP contribution in [0.25, 0.3) is 11.0 Å². The summed E-state index contributed by atoms with van der Waals surface area (Å²) < 4.78 is 5.40. The van der Waals surface area contributed by atoms with Gasteiger partial charge in [-0.2, -0.15) is 0 Å². The average molecular weight is 245 g/mol. The second kappa shape index (κ2) is 4.61. The van der Waals surface area contributed by atoms with E-state index in [2.05, 4.69) is 23.0 Å². The van der Waals surface area contributed by atoms with Gasteiger partial charge < -0.3 is 15.2 Å². The Morgan fingerprint density at radius 3 is 3.06 bits per heavy atom. The molecule has 1 aliphatic heterocycles. The minimum atomic E-state index is 0.153. The summed E-state index contributed by atoms with van der Waals surface area (Å²) in [6, 6.07) is 8.53. The number of fused-ring (bicyclic) bond motifs is 1. The van der Waals surface area contributed by atoms with Crippen LogP contribution in [0.4, 0.5) is 5.82 Å². The lowest BCUT2D eigenvalue weighted by Gasteiger charge is -2.38. The van der Waals surface area contributed by atoms with E-state index in [9.17, 15) is 0 Å². The highest BCUT2D eigenvalue weighted by molar-refractivity contribution is 5.88. The molecule has 3 rings (SSSR count). The van der Waals surface area contributed by atoms with Crippen LogP contribution in [0.2, 0.25) is 0 Å². The molecule has 2 N–H and O–H groups in total. The zero-order valence-electron chi connectivity index (χ0n) is 10.7. The maximum Gasteiger partial charge on any atom is 0.180 e. The lowest BCUT2D eigenvalue weighted by molar-refractivity contribution is 0.396. The third kappa shape index (κ3) is 1.86. The van der Waals surface area contributed by atoms with Gasteiger partial charge in [0.2, 0.25) is 0 Å². The summed E-state index contributed by atoms with van der Waals surface area (Å²) in [5.74, 6) is 0.951. The van der Waals surface area contributed by atoms with Crippen molar-refractivity contribution in [3.05, 3.63) is 24.3 Å². The molecule has 1 fully saturated rings. The summed E-state index contributed by atoms with van der Waals surface area (Å²) in [6.45, 7) is 3.09. The highest BCUT2D eigenvalue weighted by atomic mass is 16.5. The lowest BCUT2D eigenvalue weighted by Crippen LogP contribution is -2.49. The fourth-order valence-electron chi connectivity index (χ4n) is 2.85. The molecule has 1 aromatic carbocycles. The van der Waals surface area contributed by atoms with Crippen molar-refractivity contribution in [1.82, 2.24) is 5.16 Å². The fraction of sp³-hybridized carbons (Fsp3) is 0.500. The topological polar surface area (TPSA) is 55.3 Å². The summed E-state index contributed by atoms with van der Waals surface area (Å²) >= 11 is 0. The molecule has 1 aromatic heterocycles. The molecule has 2 unspecified atom stereocenters. The Kier molecular flexibility index (Phi) is 2.96. The molecule has 4 heteroatoms. The minimum absolute atomic E-state index is 0.153. The van der Waals surface area contributed by atoms with E-state index in [0.717, 1.165) is 29.8 Å². The zero-order valence-corrected chi connectivity index (χ0v) is 10.7. The predicted molar refractivity (Wildman–Crippen MR) is 72.6 cm³/mol. The first kappa shape index (κ1) is 11.5. The summed E-state index contributed by atoms with van der Waals surface area (Å²) in [7, 11) is 0. The Morgan fingerprint density at radius 2 is 2.22 bits per heavy atom.